The molecule has 0 unspecified atom stereocenters. The van der Waals surface area contributed by atoms with Crippen molar-refractivity contribution in [3.63, 3.8) is 0 Å². The summed E-state index contributed by atoms with van der Waals surface area (Å²) in [6, 6.07) is 11.8. The van der Waals surface area contributed by atoms with E-state index in [1.807, 2.05) is 31.2 Å². The summed E-state index contributed by atoms with van der Waals surface area (Å²) in [5, 5.41) is 16.2. The second-order valence-electron chi connectivity index (χ2n) is 4.96. The molecule has 0 atom stereocenters. The summed E-state index contributed by atoms with van der Waals surface area (Å²) in [4.78, 5) is 4.41. The highest BCUT2D eigenvalue weighted by atomic mass is 35.5. The van der Waals surface area contributed by atoms with Crippen molar-refractivity contribution in [1.82, 2.24) is 10.6 Å². The molecule has 4 nitrogen and oxygen atoms in total. The minimum Gasteiger partial charge on any atom is -0.505 e. The molecule has 0 saturated carbocycles. The maximum Gasteiger partial charge on any atom is 0.191 e. The van der Waals surface area contributed by atoms with Gasteiger partial charge < -0.3 is 15.7 Å². The number of phenols is 1. The van der Waals surface area contributed by atoms with E-state index in [1.54, 1.807) is 6.07 Å². The molecule has 0 aliphatic heterocycles. The van der Waals surface area contributed by atoms with Crippen LogP contribution < -0.4 is 10.6 Å². The lowest BCUT2D eigenvalue weighted by atomic mass is 10.2. The van der Waals surface area contributed by atoms with Crippen molar-refractivity contribution in [2.75, 3.05) is 6.54 Å². The Morgan fingerprint density at radius 3 is 2.48 bits per heavy atom. The average molecular weight is 336 g/mol. The highest BCUT2D eigenvalue weighted by molar-refractivity contribution is 6.30. The van der Waals surface area contributed by atoms with Crippen molar-refractivity contribution in [3.05, 3.63) is 64.4 Å². The number of benzene rings is 2. The van der Waals surface area contributed by atoms with Crippen LogP contribution in [0.4, 0.5) is 4.39 Å². The molecule has 2 aromatic rings. The molecule has 0 heterocycles. The topological polar surface area (TPSA) is 56.7 Å². The summed E-state index contributed by atoms with van der Waals surface area (Å²) in [6.07, 6.45) is 0. The number of hydrogen-bond donors (Lipinski definition) is 3. The Bertz CT molecular complexity index is 674. The van der Waals surface area contributed by atoms with Gasteiger partial charge >= 0.3 is 0 Å². The Morgan fingerprint density at radius 2 is 1.83 bits per heavy atom. The third kappa shape index (κ3) is 5.45. The maximum absolute atomic E-state index is 13.3. The lowest BCUT2D eigenvalue weighted by molar-refractivity contribution is 0.432. The third-order valence-electron chi connectivity index (χ3n) is 3.15. The number of rotatable bonds is 5. The SMILES string of the molecule is CCNC(=NCc1ccc(O)c(F)c1)NCc1ccc(Cl)cc1. The standard InChI is InChI=1S/C17H19ClFN3O/c1-2-20-17(21-10-12-3-6-14(18)7-4-12)22-11-13-5-8-16(23)15(19)9-13/h3-9,23H,2,10-11H2,1H3,(H2,20,21,22). The van der Waals surface area contributed by atoms with Gasteiger partial charge in [-0.25, -0.2) is 9.38 Å². The number of guanidine groups is 1. The minimum absolute atomic E-state index is 0.313. The van der Waals surface area contributed by atoms with Crippen LogP contribution in [0.1, 0.15) is 18.1 Å². The first-order valence-electron chi connectivity index (χ1n) is 7.32. The molecule has 2 rings (SSSR count). The number of aromatic hydroxyl groups is 1. The smallest absolute Gasteiger partial charge is 0.191 e. The van der Waals surface area contributed by atoms with Crippen LogP contribution in [-0.2, 0) is 13.1 Å². The van der Waals surface area contributed by atoms with Crippen LogP contribution >= 0.6 is 11.6 Å². The monoisotopic (exact) mass is 335 g/mol. The molecule has 0 fully saturated rings. The van der Waals surface area contributed by atoms with Gasteiger partial charge in [-0.3, -0.25) is 0 Å². The van der Waals surface area contributed by atoms with Crippen molar-refractivity contribution >= 4 is 17.6 Å². The zero-order valence-electron chi connectivity index (χ0n) is 12.8. The molecule has 0 saturated heterocycles. The van der Waals surface area contributed by atoms with Crippen LogP contribution in [-0.4, -0.2) is 17.6 Å². The summed E-state index contributed by atoms with van der Waals surface area (Å²) in [5.74, 6) is -0.363. The van der Waals surface area contributed by atoms with Gasteiger partial charge in [-0.1, -0.05) is 29.8 Å². The molecule has 0 bridgehead atoms. The van der Waals surface area contributed by atoms with E-state index < -0.39 is 5.82 Å². The van der Waals surface area contributed by atoms with Gasteiger partial charge in [-0.15, -0.1) is 0 Å². The highest BCUT2D eigenvalue weighted by Crippen LogP contribution is 2.16. The fraction of sp³-hybridized carbons (Fsp3) is 0.235. The Kier molecular flexibility index (Phi) is 6.23. The lowest BCUT2D eigenvalue weighted by Gasteiger charge is -2.11. The molecular formula is C17H19ClFN3O. The van der Waals surface area contributed by atoms with Crippen LogP contribution in [0.5, 0.6) is 5.75 Å². The fourth-order valence-corrected chi connectivity index (χ4v) is 2.07. The summed E-state index contributed by atoms with van der Waals surface area (Å²) in [7, 11) is 0. The molecule has 0 spiro atoms. The molecular weight excluding hydrogens is 317 g/mol. The van der Waals surface area contributed by atoms with E-state index in [4.69, 9.17) is 11.6 Å². The molecule has 0 radical (unpaired) electrons. The molecule has 6 heteroatoms. The number of phenolic OH excluding ortho intramolecular Hbond substituents is 1. The number of nitrogens with zero attached hydrogens (tertiary/aromatic N) is 1. The predicted molar refractivity (Wildman–Crippen MR) is 91.2 cm³/mol. The Morgan fingerprint density at radius 1 is 1.13 bits per heavy atom. The molecule has 122 valence electrons. The zero-order valence-corrected chi connectivity index (χ0v) is 13.6. The molecule has 3 N–H and O–H groups in total. The fourth-order valence-electron chi connectivity index (χ4n) is 1.95. The van der Waals surface area contributed by atoms with Crippen LogP contribution in [0.25, 0.3) is 0 Å². The quantitative estimate of drug-likeness (QED) is 0.579. The molecule has 0 amide bonds. The second kappa shape index (κ2) is 8.39. The van der Waals surface area contributed by atoms with Crippen molar-refractivity contribution < 1.29 is 9.50 Å². The van der Waals surface area contributed by atoms with Crippen LogP contribution in [0.15, 0.2) is 47.5 Å². The van der Waals surface area contributed by atoms with E-state index in [0.717, 1.165) is 12.1 Å². The first kappa shape index (κ1) is 17.1. The van der Waals surface area contributed by atoms with Crippen molar-refractivity contribution in [1.29, 1.82) is 0 Å². The zero-order chi connectivity index (χ0) is 16.7. The normalized spacial score (nSPS) is 11.3. The average Bonchev–Trinajstić information content (AvgIpc) is 2.55. The van der Waals surface area contributed by atoms with Gasteiger partial charge in [-0.05, 0) is 42.3 Å². The molecule has 0 aliphatic rings. The van der Waals surface area contributed by atoms with E-state index in [-0.39, 0.29) is 5.75 Å². The van der Waals surface area contributed by atoms with Gasteiger partial charge in [0.15, 0.2) is 17.5 Å². The molecule has 0 aliphatic carbocycles. The van der Waals surface area contributed by atoms with Crippen molar-refractivity contribution in [2.45, 2.75) is 20.0 Å². The van der Waals surface area contributed by atoms with Crippen molar-refractivity contribution in [3.8, 4) is 5.75 Å². The third-order valence-corrected chi connectivity index (χ3v) is 3.40. The number of aliphatic imine (C=N–C) groups is 1. The first-order chi connectivity index (χ1) is 11.1. The lowest BCUT2D eigenvalue weighted by Crippen LogP contribution is -2.36. The number of halogens is 2. The Hall–Kier alpha value is -2.27. The second-order valence-corrected chi connectivity index (χ2v) is 5.40. The Labute approximate surface area is 140 Å². The van der Waals surface area contributed by atoms with Gasteiger partial charge in [0.1, 0.15) is 0 Å². The van der Waals surface area contributed by atoms with Crippen LogP contribution in [0.3, 0.4) is 0 Å². The van der Waals surface area contributed by atoms with Gasteiger partial charge in [0.05, 0.1) is 6.54 Å². The van der Waals surface area contributed by atoms with Gasteiger partial charge in [0.25, 0.3) is 0 Å². The van der Waals surface area contributed by atoms with E-state index in [2.05, 4.69) is 15.6 Å². The van der Waals surface area contributed by atoms with Gasteiger partial charge in [0.2, 0.25) is 0 Å². The van der Waals surface area contributed by atoms with Crippen molar-refractivity contribution in [2.24, 2.45) is 4.99 Å². The van der Waals surface area contributed by atoms with E-state index in [9.17, 15) is 9.50 Å². The minimum atomic E-state index is -0.642. The summed E-state index contributed by atoms with van der Waals surface area (Å²) in [5.41, 5.74) is 1.76. The number of nitrogens with one attached hydrogen (secondary N) is 2. The molecule has 2 aromatic carbocycles. The predicted octanol–water partition coefficient (Wildman–Crippen LogP) is 3.44. The maximum atomic E-state index is 13.3. The number of hydrogen-bond acceptors (Lipinski definition) is 2. The van der Waals surface area contributed by atoms with Gasteiger partial charge in [0, 0.05) is 18.1 Å². The highest BCUT2D eigenvalue weighted by Gasteiger charge is 2.02. The van der Waals surface area contributed by atoms with Crippen LogP contribution in [0, 0.1) is 5.82 Å². The summed E-state index contributed by atoms with van der Waals surface area (Å²) < 4.78 is 13.3. The largest absolute Gasteiger partial charge is 0.505 e. The summed E-state index contributed by atoms with van der Waals surface area (Å²) >= 11 is 5.86. The van der Waals surface area contributed by atoms with E-state index >= 15 is 0 Å². The van der Waals surface area contributed by atoms with E-state index in [0.29, 0.717) is 29.6 Å². The molecule has 0 aromatic heterocycles. The first-order valence-corrected chi connectivity index (χ1v) is 7.70. The summed E-state index contributed by atoms with van der Waals surface area (Å²) in [6.45, 7) is 3.61. The van der Waals surface area contributed by atoms with Gasteiger partial charge in [-0.2, -0.15) is 0 Å². The van der Waals surface area contributed by atoms with E-state index in [1.165, 1.54) is 12.1 Å². The molecule has 23 heavy (non-hydrogen) atoms. The van der Waals surface area contributed by atoms with Crippen LogP contribution in [0.2, 0.25) is 5.02 Å². The Balaban J connectivity index is 1.98.